The van der Waals surface area contributed by atoms with E-state index in [1.165, 1.54) is 51.7 Å². The van der Waals surface area contributed by atoms with Crippen molar-refractivity contribution in [2.45, 2.75) is 0 Å². The predicted molar refractivity (Wildman–Crippen MR) is 87.6 cm³/mol. The Morgan fingerprint density at radius 3 is 1.64 bits per heavy atom. The molecule has 0 unspecified atom stereocenters. The maximum Gasteiger partial charge on any atom is 0.341 e. The van der Waals surface area contributed by atoms with Gasteiger partial charge in [-0.15, -0.1) is 0 Å². The summed E-state index contributed by atoms with van der Waals surface area (Å²) in [6.45, 7) is 0. The molecule has 0 saturated heterocycles. The number of aromatic carboxylic acids is 1. The summed E-state index contributed by atoms with van der Waals surface area (Å²) in [6.07, 6.45) is 0. The second kappa shape index (κ2) is 9.02. The topological polar surface area (TPSA) is 123 Å². The van der Waals surface area contributed by atoms with Gasteiger partial charge in [-0.05, 0) is 36.4 Å². The molecule has 134 valence electrons. The molecular formula is C17H18O8. The van der Waals surface area contributed by atoms with Crippen LogP contribution in [0.5, 0.6) is 23.0 Å². The number of hydrogen-bond donors (Lipinski definition) is 3. The molecule has 2 aromatic carbocycles. The van der Waals surface area contributed by atoms with Crippen molar-refractivity contribution in [2.24, 2.45) is 0 Å². The van der Waals surface area contributed by atoms with E-state index in [2.05, 4.69) is 4.74 Å². The number of carbonyl (C=O) groups is 2. The quantitative estimate of drug-likeness (QED) is 0.718. The van der Waals surface area contributed by atoms with E-state index >= 15 is 0 Å². The van der Waals surface area contributed by atoms with E-state index in [9.17, 15) is 14.7 Å². The highest BCUT2D eigenvalue weighted by molar-refractivity contribution is 5.92. The molecule has 0 aliphatic carbocycles. The normalized spacial score (nSPS) is 9.40. The SMILES string of the molecule is COC(=O)c1cc(OC)ccc1O.COc1ccc(O)c(C(=O)O)c1. The highest BCUT2D eigenvalue weighted by Gasteiger charge is 2.12. The smallest absolute Gasteiger partial charge is 0.341 e. The van der Waals surface area contributed by atoms with Crippen LogP contribution in [0.15, 0.2) is 36.4 Å². The van der Waals surface area contributed by atoms with Crippen molar-refractivity contribution < 1.29 is 39.1 Å². The van der Waals surface area contributed by atoms with Crippen molar-refractivity contribution in [3.8, 4) is 23.0 Å². The third-order valence-electron chi connectivity index (χ3n) is 3.04. The molecule has 3 N–H and O–H groups in total. The van der Waals surface area contributed by atoms with Crippen molar-refractivity contribution in [1.82, 2.24) is 0 Å². The van der Waals surface area contributed by atoms with Crippen molar-refractivity contribution in [1.29, 1.82) is 0 Å². The molecule has 0 heterocycles. The Kier molecular flexibility index (Phi) is 7.08. The minimum absolute atomic E-state index is 0.0989. The summed E-state index contributed by atoms with van der Waals surface area (Å²) in [5.41, 5.74) is -0.0591. The Morgan fingerprint density at radius 2 is 1.24 bits per heavy atom. The lowest BCUT2D eigenvalue weighted by Crippen LogP contribution is -2.01. The average Bonchev–Trinajstić information content (AvgIpc) is 2.62. The van der Waals surface area contributed by atoms with Gasteiger partial charge in [0.15, 0.2) is 0 Å². The number of carboxylic acids is 1. The molecule has 0 atom stereocenters. The first-order valence-corrected chi connectivity index (χ1v) is 6.89. The Bertz CT molecular complexity index is 754. The van der Waals surface area contributed by atoms with E-state index < -0.39 is 11.9 Å². The summed E-state index contributed by atoms with van der Waals surface area (Å²) in [5.74, 6) is -1.23. The van der Waals surface area contributed by atoms with Crippen molar-refractivity contribution in [2.75, 3.05) is 21.3 Å². The van der Waals surface area contributed by atoms with E-state index in [0.29, 0.717) is 11.5 Å². The van der Waals surface area contributed by atoms with Crippen LogP contribution in [0.3, 0.4) is 0 Å². The molecule has 0 amide bonds. The molecule has 0 fully saturated rings. The zero-order valence-electron chi connectivity index (χ0n) is 13.8. The number of phenols is 2. The summed E-state index contributed by atoms with van der Waals surface area (Å²) < 4.78 is 14.1. The van der Waals surface area contributed by atoms with E-state index in [4.69, 9.17) is 19.7 Å². The predicted octanol–water partition coefficient (Wildman–Crippen LogP) is 2.29. The molecule has 0 radical (unpaired) electrons. The molecule has 2 aromatic rings. The number of carbonyl (C=O) groups excluding carboxylic acids is 1. The molecule has 2 rings (SSSR count). The molecular weight excluding hydrogens is 332 g/mol. The highest BCUT2D eigenvalue weighted by Crippen LogP contribution is 2.23. The van der Waals surface area contributed by atoms with E-state index in [1.807, 2.05) is 0 Å². The van der Waals surface area contributed by atoms with Crippen LogP contribution in [-0.2, 0) is 4.74 Å². The minimum Gasteiger partial charge on any atom is -0.507 e. The largest absolute Gasteiger partial charge is 0.507 e. The Labute approximate surface area is 143 Å². The van der Waals surface area contributed by atoms with Gasteiger partial charge in [0.1, 0.15) is 34.1 Å². The Hall–Kier alpha value is -3.42. The van der Waals surface area contributed by atoms with Gasteiger partial charge >= 0.3 is 11.9 Å². The summed E-state index contributed by atoms with van der Waals surface area (Å²) in [7, 11) is 4.16. The van der Waals surface area contributed by atoms with E-state index in [-0.39, 0.29) is 22.6 Å². The van der Waals surface area contributed by atoms with Gasteiger partial charge in [-0.25, -0.2) is 9.59 Å². The first-order chi connectivity index (χ1) is 11.8. The van der Waals surface area contributed by atoms with Crippen molar-refractivity contribution >= 4 is 11.9 Å². The monoisotopic (exact) mass is 350 g/mol. The summed E-state index contributed by atoms with van der Waals surface area (Å²) >= 11 is 0. The number of ether oxygens (including phenoxy) is 3. The van der Waals surface area contributed by atoms with E-state index in [1.54, 1.807) is 6.07 Å². The number of benzene rings is 2. The molecule has 0 aromatic heterocycles. The molecule has 0 spiro atoms. The van der Waals surface area contributed by atoms with Crippen LogP contribution in [0.25, 0.3) is 0 Å². The van der Waals surface area contributed by atoms with Gasteiger partial charge in [-0.3, -0.25) is 0 Å². The van der Waals surface area contributed by atoms with Crippen molar-refractivity contribution in [3.63, 3.8) is 0 Å². The average molecular weight is 350 g/mol. The zero-order chi connectivity index (χ0) is 19.0. The third kappa shape index (κ3) is 5.31. The fourth-order valence-electron chi connectivity index (χ4n) is 1.73. The Morgan fingerprint density at radius 1 is 0.800 bits per heavy atom. The molecule has 0 aliphatic rings. The van der Waals surface area contributed by atoms with Gasteiger partial charge in [0.2, 0.25) is 0 Å². The fraction of sp³-hybridized carbons (Fsp3) is 0.176. The maximum atomic E-state index is 11.1. The first-order valence-electron chi connectivity index (χ1n) is 6.89. The number of esters is 1. The van der Waals surface area contributed by atoms with Gasteiger partial charge in [-0.2, -0.15) is 0 Å². The first kappa shape index (κ1) is 19.6. The fourth-order valence-corrected chi connectivity index (χ4v) is 1.73. The van der Waals surface area contributed by atoms with Crippen LogP contribution < -0.4 is 9.47 Å². The van der Waals surface area contributed by atoms with Crippen LogP contribution in [0.4, 0.5) is 0 Å². The number of methoxy groups -OCH3 is 3. The summed E-state index contributed by atoms with van der Waals surface area (Å²) in [6, 6.07) is 8.38. The Balaban J connectivity index is 0.000000251. The molecule has 0 bridgehead atoms. The lowest BCUT2D eigenvalue weighted by atomic mass is 10.2. The van der Waals surface area contributed by atoms with Gasteiger partial charge in [0, 0.05) is 0 Å². The molecule has 25 heavy (non-hydrogen) atoms. The number of carboxylic acid groups (broad SMARTS) is 1. The standard InChI is InChI=1S/C9H10O4.C8H8O4/c1-12-6-3-4-8(10)7(5-6)9(11)13-2;1-12-5-2-3-7(9)6(4-5)8(10)11/h3-5,10H,1-2H3;2-4,9H,1H3,(H,10,11). The van der Waals surface area contributed by atoms with Gasteiger partial charge in [0.25, 0.3) is 0 Å². The molecule has 0 aliphatic heterocycles. The molecule has 8 nitrogen and oxygen atoms in total. The molecule has 0 saturated carbocycles. The lowest BCUT2D eigenvalue weighted by molar-refractivity contribution is 0.0596. The number of phenolic OH excluding ortho intramolecular Hbond substituents is 1. The van der Waals surface area contributed by atoms with Crippen molar-refractivity contribution in [3.05, 3.63) is 47.5 Å². The van der Waals surface area contributed by atoms with E-state index in [0.717, 1.165) is 0 Å². The zero-order valence-corrected chi connectivity index (χ0v) is 13.8. The third-order valence-corrected chi connectivity index (χ3v) is 3.04. The maximum absolute atomic E-state index is 11.1. The van der Waals surface area contributed by atoms with Crippen LogP contribution in [-0.4, -0.2) is 48.6 Å². The number of hydrogen-bond acceptors (Lipinski definition) is 7. The van der Waals surface area contributed by atoms with Crippen LogP contribution in [0, 0.1) is 0 Å². The second-order valence-electron chi connectivity index (χ2n) is 4.56. The van der Waals surface area contributed by atoms with Gasteiger partial charge < -0.3 is 29.5 Å². The second-order valence-corrected chi connectivity index (χ2v) is 4.56. The molecule has 8 heteroatoms. The van der Waals surface area contributed by atoms with Gasteiger partial charge in [0.05, 0.1) is 21.3 Å². The number of rotatable bonds is 4. The lowest BCUT2D eigenvalue weighted by Gasteiger charge is -2.04. The van der Waals surface area contributed by atoms with Gasteiger partial charge in [-0.1, -0.05) is 0 Å². The summed E-state index contributed by atoms with van der Waals surface area (Å²) in [5, 5.41) is 26.9. The van der Waals surface area contributed by atoms with Crippen LogP contribution in [0.2, 0.25) is 0 Å². The van der Waals surface area contributed by atoms with Crippen LogP contribution in [0.1, 0.15) is 20.7 Å². The summed E-state index contributed by atoms with van der Waals surface area (Å²) in [4.78, 5) is 21.5. The van der Waals surface area contributed by atoms with Crippen LogP contribution >= 0.6 is 0 Å². The highest BCUT2D eigenvalue weighted by atomic mass is 16.5. The number of aromatic hydroxyl groups is 2. The minimum atomic E-state index is -1.17.